The number of hydrogen-bond acceptors (Lipinski definition) is 3. The van der Waals surface area contributed by atoms with Gasteiger partial charge in [0, 0.05) is 13.0 Å². The molecule has 0 aromatic rings. The molecule has 0 aromatic heterocycles. The van der Waals surface area contributed by atoms with Crippen LogP contribution in [0.4, 0.5) is 0 Å². The third-order valence-corrected chi connectivity index (χ3v) is 3.71. The molecule has 0 radical (unpaired) electrons. The van der Waals surface area contributed by atoms with Crippen LogP contribution in [-0.4, -0.2) is 29.8 Å². The summed E-state index contributed by atoms with van der Waals surface area (Å²) in [6.07, 6.45) is 6.38. The highest BCUT2D eigenvalue weighted by atomic mass is 16.2. The van der Waals surface area contributed by atoms with Gasteiger partial charge in [-0.25, -0.2) is 0 Å². The predicted octanol–water partition coefficient (Wildman–Crippen LogP) is 0.654. The minimum absolute atomic E-state index is 0.0210. The Morgan fingerprint density at radius 2 is 2.00 bits per heavy atom. The fourth-order valence-electron chi connectivity index (χ4n) is 2.87. The molecular formula is C11H18N2O2. The zero-order chi connectivity index (χ0) is 10.9. The average Bonchev–Trinajstić information content (AvgIpc) is 2.55. The first-order valence-corrected chi connectivity index (χ1v) is 5.70. The summed E-state index contributed by atoms with van der Waals surface area (Å²) >= 11 is 0. The lowest BCUT2D eigenvalue weighted by molar-refractivity contribution is -0.140. The molecule has 0 bridgehead atoms. The maximum Gasteiger partial charge on any atom is 0.242 e. The SMILES string of the molecule is NCC(=O)N1CC2(CCCCC2)CC1=O. The highest BCUT2D eigenvalue weighted by molar-refractivity contribution is 5.98. The van der Waals surface area contributed by atoms with E-state index in [4.69, 9.17) is 5.73 Å². The summed E-state index contributed by atoms with van der Waals surface area (Å²) in [7, 11) is 0. The number of hydrogen-bond donors (Lipinski definition) is 1. The maximum absolute atomic E-state index is 11.7. The molecule has 0 unspecified atom stereocenters. The molecule has 1 heterocycles. The Hall–Kier alpha value is -0.900. The monoisotopic (exact) mass is 210 g/mol. The van der Waals surface area contributed by atoms with E-state index in [1.54, 1.807) is 0 Å². The topological polar surface area (TPSA) is 63.4 Å². The molecule has 1 aliphatic carbocycles. The first-order chi connectivity index (χ1) is 7.17. The van der Waals surface area contributed by atoms with Gasteiger partial charge < -0.3 is 5.73 Å². The second-order valence-electron chi connectivity index (χ2n) is 4.82. The lowest BCUT2D eigenvalue weighted by Gasteiger charge is -2.32. The van der Waals surface area contributed by atoms with Crippen LogP contribution < -0.4 is 5.73 Å². The zero-order valence-electron chi connectivity index (χ0n) is 9.00. The molecule has 1 spiro atoms. The number of likely N-dealkylation sites (tertiary alicyclic amines) is 1. The predicted molar refractivity (Wildman–Crippen MR) is 55.9 cm³/mol. The number of amides is 2. The van der Waals surface area contributed by atoms with E-state index in [-0.39, 0.29) is 23.8 Å². The Morgan fingerprint density at radius 1 is 1.33 bits per heavy atom. The van der Waals surface area contributed by atoms with Gasteiger partial charge in [0.25, 0.3) is 0 Å². The van der Waals surface area contributed by atoms with Crippen molar-refractivity contribution in [3.63, 3.8) is 0 Å². The van der Waals surface area contributed by atoms with Crippen LogP contribution in [0.5, 0.6) is 0 Å². The summed E-state index contributed by atoms with van der Waals surface area (Å²) in [5.74, 6) is -0.241. The van der Waals surface area contributed by atoms with E-state index in [0.717, 1.165) is 12.8 Å². The van der Waals surface area contributed by atoms with Crippen LogP contribution in [0.1, 0.15) is 38.5 Å². The van der Waals surface area contributed by atoms with Crippen molar-refractivity contribution in [3.05, 3.63) is 0 Å². The van der Waals surface area contributed by atoms with E-state index in [2.05, 4.69) is 0 Å². The number of nitrogens with zero attached hydrogens (tertiary/aromatic N) is 1. The van der Waals surface area contributed by atoms with Crippen molar-refractivity contribution in [2.45, 2.75) is 38.5 Å². The van der Waals surface area contributed by atoms with Crippen molar-refractivity contribution >= 4 is 11.8 Å². The van der Waals surface area contributed by atoms with E-state index in [0.29, 0.717) is 13.0 Å². The molecule has 2 fully saturated rings. The van der Waals surface area contributed by atoms with Gasteiger partial charge in [0.1, 0.15) is 0 Å². The van der Waals surface area contributed by atoms with Crippen molar-refractivity contribution in [1.82, 2.24) is 4.90 Å². The fourth-order valence-corrected chi connectivity index (χ4v) is 2.87. The summed E-state index contributed by atoms with van der Waals surface area (Å²) in [4.78, 5) is 24.5. The highest BCUT2D eigenvalue weighted by Gasteiger charge is 2.45. The number of imide groups is 1. The number of nitrogens with two attached hydrogens (primary N) is 1. The first kappa shape index (κ1) is 10.6. The van der Waals surface area contributed by atoms with Crippen molar-refractivity contribution in [3.8, 4) is 0 Å². The van der Waals surface area contributed by atoms with Crippen LogP contribution in [0.3, 0.4) is 0 Å². The van der Waals surface area contributed by atoms with Gasteiger partial charge in [-0.1, -0.05) is 19.3 Å². The molecule has 4 nitrogen and oxygen atoms in total. The Morgan fingerprint density at radius 3 is 2.60 bits per heavy atom. The van der Waals surface area contributed by atoms with Crippen LogP contribution >= 0.6 is 0 Å². The van der Waals surface area contributed by atoms with E-state index in [1.807, 2.05) is 0 Å². The summed E-state index contributed by atoms with van der Waals surface area (Å²) in [6.45, 7) is 0.559. The minimum Gasteiger partial charge on any atom is -0.322 e. The van der Waals surface area contributed by atoms with Gasteiger partial charge in [0.15, 0.2) is 0 Å². The molecule has 15 heavy (non-hydrogen) atoms. The molecule has 84 valence electrons. The van der Waals surface area contributed by atoms with Gasteiger partial charge in [-0.15, -0.1) is 0 Å². The lowest BCUT2D eigenvalue weighted by Crippen LogP contribution is -2.38. The van der Waals surface area contributed by atoms with E-state index < -0.39 is 0 Å². The molecule has 0 aromatic carbocycles. The molecule has 1 saturated carbocycles. The van der Waals surface area contributed by atoms with Gasteiger partial charge in [-0.3, -0.25) is 14.5 Å². The molecule has 4 heteroatoms. The second-order valence-corrected chi connectivity index (χ2v) is 4.82. The van der Waals surface area contributed by atoms with Crippen LogP contribution in [-0.2, 0) is 9.59 Å². The molecule has 2 rings (SSSR count). The third-order valence-electron chi connectivity index (χ3n) is 3.71. The molecule has 2 N–H and O–H groups in total. The Balaban J connectivity index is 2.08. The zero-order valence-corrected chi connectivity index (χ0v) is 9.00. The van der Waals surface area contributed by atoms with Gasteiger partial charge in [-0.05, 0) is 18.3 Å². The minimum atomic E-state index is -0.220. The quantitative estimate of drug-likeness (QED) is 0.691. The van der Waals surface area contributed by atoms with Crippen molar-refractivity contribution < 1.29 is 9.59 Å². The summed E-state index contributed by atoms with van der Waals surface area (Å²) in [6, 6.07) is 0. The summed E-state index contributed by atoms with van der Waals surface area (Å²) in [5.41, 5.74) is 5.39. The smallest absolute Gasteiger partial charge is 0.242 e. The normalized spacial score (nSPS) is 24.9. The van der Waals surface area contributed by atoms with Crippen molar-refractivity contribution in [2.24, 2.45) is 11.1 Å². The van der Waals surface area contributed by atoms with Crippen LogP contribution in [0.25, 0.3) is 0 Å². The highest BCUT2D eigenvalue weighted by Crippen LogP contribution is 2.44. The van der Waals surface area contributed by atoms with Crippen LogP contribution in [0, 0.1) is 5.41 Å². The molecule has 2 amide bonds. The van der Waals surface area contributed by atoms with Crippen LogP contribution in [0.15, 0.2) is 0 Å². The Kier molecular flexibility index (Phi) is 2.78. The Bertz CT molecular complexity index is 282. The van der Waals surface area contributed by atoms with Crippen molar-refractivity contribution in [2.75, 3.05) is 13.1 Å². The number of rotatable bonds is 1. The largest absolute Gasteiger partial charge is 0.322 e. The van der Waals surface area contributed by atoms with Gasteiger partial charge in [0.05, 0.1) is 6.54 Å². The standard InChI is InChI=1S/C11H18N2O2/c12-7-10(15)13-8-11(6-9(13)14)4-2-1-3-5-11/h1-8,12H2. The van der Waals surface area contributed by atoms with E-state index in [9.17, 15) is 9.59 Å². The summed E-state index contributed by atoms with van der Waals surface area (Å²) in [5, 5.41) is 0. The van der Waals surface area contributed by atoms with Gasteiger partial charge >= 0.3 is 0 Å². The second kappa shape index (κ2) is 3.93. The average molecular weight is 210 g/mol. The van der Waals surface area contributed by atoms with E-state index in [1.165, 1.54) is 24.2 Å². The van der Waals surface area contributed by atoms with Crippen molar-refractivity contribution in [1.29, 1.82) is 0 Å². The fraction of sp³-hybridized carbons (Fsp3) is 0.818. The van der Waals surface area contributed by atoms with Gasteiger partial charge in [0.2, 0.25) is 11.8 Å². The Labute approximate surface area is 89.8 Å². The lowest BCUT2D eigenvalue weighted by atomic mass is 9.73. The summed E-state index contributed by atoms with van der Waals surface area (Å²) < 4.78 is 0. The molecule has 1 aliphatic heterocycles. The molecule has 0 atom stereocenters. The van der Waals surface area contributed by atoms with Gasteiger partial charge in [-0.2, -0.15) is 0 Å². The third kappa shape index (κ3) is 1.91. The number of carbonyl (C=O) groups is 2. The van der Waals surface area contributed by atoms with E-state index >= 15 is 0 Å². The number of carbonyl (C=O) groups excluding carboxylic acids is 2. The van der Waals surface area contributed by atoms with Crippen LogP contribution in [0.2, 0.25) is 0 Å². The molecular weight excluding hydrogens is 192 g/mol. The first-order valence-electron chi connectivity index (χ1n) is 5.70. The maximum atomic E-state index is 11.7. The molecule has 1 saturated heterocycles. The molecule has 2 aliphatic rings.